The number of nitrogens with one attached hydrogen (secondary N) is 1. The molecule has 0 atom stereocenters. The fourth-order valence-corrected chi connectivity index (χ4v) is 4.03. The predicted octanol–water partition coefficient (Wildman–Crippen LogP) is 1.87. The van der Waals surface area contributed by atoms with E-state index in [0.717, 1.165) is 16.9 Å². The zero-order valence-electron chi connectivity index (χ0n) is 11.8. The minimum absolute atomic E-state index is 0.0346. The van der Waals surface area contributed by atoms with Crippen molar-refractivity contribution in [1.82, 2.24) is 0 Å². The summed E-state index contributed by atoms with van der Waals surface area (Å²) in [6, 6.07) is 9.49. The average molecular weight is 341 g/mol. The summed E-state index contributed by atoms with van der Waals surface area (Å²) in [5, 5.41) is 8.84. The average Bonchev–Trinajstić information content (AvgIpc) is 2.99. The standard InChI is InChI=1S/C14H15NO5S2/c1-20-14(17)12-6-7-13(21-12)22(18,19)15-11-4-2-10(3-5-11)8-9-16/h2-7,15-16H,8-9H2,1H3. The third-order valence-corrected chi connectivity index (χ3v) is 5.78. The molecule has 0 aliphatic carbocycles. The second-order valence-corrected chi connectivity index (χ2v) is 7.38. The number of thiophene rings is 1. The van der Waals surface area contributed by atoms with Gasteiger partial charge in [-0.15, -0.1) is 11.3 Å². The molecule has 0 aliphatic rings. The molecule has 0 radical (unpaired) electrons. The number of carbonyl (C=O) groups excluding carboxylic acids is 1. The van der Waals surface area contributed by atoms with Crippen LogP contribution in [0.1, 0.15) is 15.2 Å². The number of carbonyl (C=O) groups is 1. The monoisotopic (exact) mass is 341 g/mol. The Balaban J connectivity index is 2.16. The van der Waals surface area contributed by atoms with E-state index in [-0.39, 0.29) is 15.7 Å². The fraction of sp³-hybridized carbons (Fsp3) is 0.214. The quantitative estimate of drug-likeness (QED) is 0.783. The molecule has 22 heavy (non-hydrogen) atoms. The van der Waals surface area contributed by atoms with Crippen LogP contribution in [0.25, 0.3) is 0 Å². The normalized spacial score (nSPS) is 11.2. The van der Waals surface area contributed by atoms with E-state index >= 15 is 0 Å². The van der Waals surface area contributed by atoms with Crippen LogP contribution in [0.3, 0.4) is 0 Å². The van der Waals surface area contributed by atoms with E-state index in [4.69, 9.17) is 5.11 Å². The number of aliphatic hydroxyl groups is 1. The van der Waals surface area contributed by atoms with E-state index in [1.807, 2.05) is 0 Å². The number of hydrogen-bond donors (Lipinski definition) is 2. The van der Waals surface area contributed by atoms with Crippen LogP contribution in [0.5, 0.6) is 0 Å². The Labute approximate surface area is 132 Å². The lowest BCUT2D eigenvalue weighted by Gasteiger charge is -2.07. The summed E-state index contributed by atoms with van der Waals surface area (Å²) in [5.41, 5.74) is 1.32. The van der Waals surface area contributed by atoms with E-state index in [2.05, 4.69) is 9.46 Å². The Morgan fingerprint density at radius 1 is 1.23 bits per heavy atom. The SMILES string of the molecule is COC(=O)c1ccc(S(=O)(=O)Nc2ccc(CCO)cc2)s1. The van der Waals surface area contributed by atoms with Gasteiger partial charge in [0.2, 0.25) is 0 Å². The van der Waals surface area contributed by atoms with Crippen LogP contribution in [0.15, 0.2) is 40.6 Å². The van der Waals surface area contributed by atoms with Gasteiger partial charge in [0.05, 0.1) is 7.11 Å². The molecule has 0 saturated carbocycles. The van der Waals surface area contributed by atoms with E-state index in [1.54, 1.807) is 24.3 Å². The molecule has 0 bridgehead atoms. The van der Waals surface area contributed by atoms with Gasteiger partial charge in [-0.25, -0.2) is 13.2 Å². The lowest BCUT2D eigenvalue weighted by molar-refractivity contribution is 0.0606. The number of anilines is 1. The Morgan fingerprint density at radius 2 is 1.91 bits per heavy atom. The first-order valence-corrected chi connectivity index (χ1v) is 8.67. The van der Waals surface area contributed by atoms with Crippen molar-refractivity contribution in [2.45, 2.75) is 10.6 Å². The van der Waals surface area contributed by atoms with Gasteiger partial charge in [-0.2, -0.15) is 0 Å². The Morgan fingerprint density at radius 3 is 2.50 bits per heavy atom. The maximum absolute atomic E-state index is 12.2. The number of rotatable bonds is 6. The van der Waals surface area contributed by atoms with Gasteiger partial charge in [0.1, 0.15) is 9.09 Å². The largest absolute Gasteiger partial charge is 0.465 e. The van der Waals surface area contributed by atoms with Gasteiger partial charge >= 0.3 is 5.97 Å². The second-order valence-electron chi connectivity index (χ2n) is 4.39. The molecule has 1 heterocycles. The van der Waals surface area contributed by atoms with Crippen molar-refractivity contribution in [3.05, 3.63) is 46.8 Å². The molecule has 0 aliphatic heterocycles. The summed E-state index contributed by atoms with van der Waals surface area (Å²) >= 11 is 0.845. The zero-order chi connectivity index (χ0) is 16.2. The predicted molar refractivity (Wildman–Crippen MR) is 83.7 cm³/mol. The molecule has 0 saturated heterocycles. The van der Waals surface area contributed by atoms with Crippen molar-refractivity contribution in [2.75, 3.05) is 18.4 Å². The Kier molecular flexibility index (Phi) is 5.17. The van der Waals surface area contributed by atoms with Crippen molar-refractivity contribution >= 4 is 33.0 Å². The number of esters is 1. The summed E-state index contributed by atoms with van der Waals surface area (Å²) in [4.78, 5) is 11.6. The molecule has 2 aromatic rings. The van der Waals surface area contributed by atoms with E-state index in [1.165, 1.54) is 19.2 Å². The van der Waals surface area contributed by atoms with E-state index in [9.17, 15) is 13.2 Å². The summed E-state index contributed by atoms with van der Waals surface area (Å²) in [6.07, 6.45) is 0.514. The molecule has 1 aromatic heterocycles. The highest BCUT2D eigenvalue weighted by Gasteiger charge is 2.19. The maximum atomic E-state index is 12.2. The maximum Gasteiger partial charge on any atom is 0.348 e. The molecule has 2 rings (SSSR count). The summed E-state index contributed by atoms with van der Waals surface area (Å²) in [7, 11) is -2.51. The molecule has 0 unspecified atom stereocenters. The number of sulfonamides is 1. The molecular formula is C14H15NO5S2. The molecule has 2 N–H and O–H groups in total. The van der Waals surface area contributed by atoms with Gasteiger partial charge in [-0.1, -0.05) is 12.1 Å². The van der Waals surface area contributed by atoms with Crippen molar-refractivity contribution in [3.63, 3.8) is 0 Å². The van der Waals surface area contributed by atoms with Gasteiger partial charge in [0.15, 0.2) is 0 Å². The van der Waals surface area contributed by atoms with Crippen LogP contribution in [-0.4, -0.2) is 33.2 Å². The van der Waals surface area contributed by atoms with Gasteiger partial charge in [0.25, 0.3) is 10.0 Å². The first-order valence-electron chi connectivity index (χ1n) is 6.37. The minimum Gasteiger partial charge on any atom is -0.465 e. The molecule has 1 aromatic carbocycles. The number of benzene rings is 1. The highest BCUT2D eigenvalue weighted by atomic mass is 32.2. The van der Waals surface area contributed by atoms with Crippen LogP contribution in [0.2, 0.25) is 0 Å². The second kappa shape index (κ2) is 6.91. The lowest BCUT2D eigenvalue weighted by Crippen LogP contribution is -2.11. The number of aliphatic hydroxyl groups excluding tert-OH is 1. The van der Waals surface area contributed by atoms with Gasteiger partial charge in [-0.05, 0) is 36.2 Å². The topological polar surface area (TPSA) is 92.7 Å². The highest BCUT2D eigenvalue weighted by Crippen LogP contribution is 2.24. The first-order chi connectivity index (χ1) is 10.5. The molecule has 6 nitrogen and oxygen atoms in total. The first kappa shape index (κ1) is 16.5. The smallest absolute Gasteiger partial charge is 0.348 e. The van der Waals surface area contributed by atoms with Crippen molar-refractivity contribution in [1.29, 1.82) is 0 Å². The summed E-state index contributed by atoms with van der Waals surface area (Å²) in [5.74, 6) is -0.570. The fourth-order valence-electron chi connectivity index (χ4n) is 1.75. The molecule has 8 heteroatoms. The molecule has 0 amide bonds. The van der Waals surface area contributed by atoms with Crippen molar-refractivity contribution in [3.8, 4) is 0 Å². The van der Waals surface area contributed by atoms with E-state index < -0.39 is 16.0 Å². The van der Waals surface area contributed by atoms with Crippen LogP contribution in [-0.2, 0) is 21.2 Å². The molecule has 0 fully saturated rings. The van der Waals surface area contributed by atoms with Crippen LogP contribution in [0, 0.1) is 0 Å². The number of methoxy groups -OCH3 is 1. The van der Waals surface area contributed by atoms with Crippen molar-refractivity contribution < 1.29 is 23.1 Å². The zero-order valence-corrected chi connectivity index (χ0v) is 13.4. The molecular weight excluding hydrogens is 326 g/mol. The van der Waals surface area contributed by atoms with Crippen molar-refractivity contribution in [2.24, 2.45) is 0 Å². The Hall–Kier alpha value is -1.90. The van der Waals surface area contributed by atoms with Gasteiger partial charge < -0.3 is 9.84 Å². The molecule has 118 valence electrons. The third-order valence-electron chi connectivity index (χ3n) is 2.84. The molecule has 0 spiro atoms. The van der Waals surface area contributed by atoms with Gasteiger partial charge in [-0.3, -0.25) is 4.72 Å². The number of hydrogen-bond acceptors (Lipinski definition) is 6. The summed E-state index contributed by atoms with van der Waals surface area (Å²) < 4.78 is 31.5. The van der Waals surface area contributed by atoms with Crippen LogP contribution >= 0.6 is 11.3 Å². The lowest BCUT2D eigenvalue weighted by atomic mass is 10.1. The minimum atomic E-state index is -3.75. The van der Waals surface area contributed by atoms with Gasteiger partial charge in [0, 0.05) is 12.3 Å². The number of ether oxygens (including phenoxy) is 1. The van der Waals surface area contributed by atoms with Crippen LogP contribution in [0.4, 0.5) is 5.69 Å². The Bertz CT molecular complexity index is 750. The summed E-state index contributed by atoms with van der Waals surface area (Å²) in [6.45, 7) is 0.0383. The highest BCUT2D eigenvalue weighted by molar-refractivity contribution is 7.94. The third kappa shape index (κ3) is 3.85. The van der Waals surface area contributed by atoms with E-state index in [0.29, 0.717) is 12.1 Å². The van der Waals surface area contributed by atoms with Crippen LogP contribution < -0.4 is 4.72 Å².